The number of hydrogen-bond donors (Lipinski definition) is 7. The zero-order valence-electron chi connectivity index (χ0n) is 19.4. The molecule has 0 saturated carbocycles. The maximum atomic E-state index is 12.0. The Balaban J connectivity index is 1.70. The van der Waals surface area contributed by atoms with Crippen LogP contribution >= 0.6 is 35.2 Å². The number of ether oxygens (including phenoxy) is 1. The number of phosphoric acid groups is 3. The molecule has 0 bridgehead atoms. The number of unbranched alkanes of at least 4 members (excludes halogenated alkanes) is 2. The van der Waals surface area contributed by atoms with Crippen molar-refractivity contribution in [1.29, 1.82) is 0 Å². The summed E-state index contributed by atoms with van der Waals surface area (Å²) in [6.45, 7) is 2.70. The minimum absolute atomic E-state index is 0.0691. The lowest BCUT2D eigenvalue weighted by molar-refractivity contribution is -0.0503. The summed E-state index contributed by atoms with van der Waals surface area (Å²) in [5, 5.41) is 21.3. The van der Waals surface area contributed by atoms with Crippen LogP contribution in [0.5, 0.6) is 0 Å². The second-order valence-corrected chi connectivity index (χ2v) is 13.3. The van der Waals surface area contributed by atoms with Crippen molar-refractivity contribution in [1.82, 2.24) is 19.5 Å². The molecule has 1 saturated heterocycles. The number of aliphatic hydroxyl groups excluding tert-OH is 2. The minimum Gasteiger partial charge on any atom is -0.387 e. The third kappa shape index (κ3) is 8.36. The topological polar surface area (TPSA) is 279 Å². The highest BCUT2D eigenvalue weighted by atomic mass is 32.2. The lowest BCUT2D eigenvalue weighted by atomic mass is 10.1. The monoisotopic (exact) mass is 621 g/mol. The Morgan fingerprint density at radius 3 is 2.47 bits per heavy atom. The second-order valence-electron chi connectivity index (χ2n) is 7.78. The minimum atomic E-state index is -5.73. The summed E-state index contributed by atoms with van der Waals surface area (Å²) in [6, 6.07) is 0. The van der Waals surface area contributed by atoms with E-state index in [0.717, 1.165) is 19.3 Å². The van der Waals surface area contributed by atoms with Crippen LogP contribution in [0.3, 0.4) is 0 Å². The molecule has 0 amide bonds. The fourth-order valence-electron chi connectivity index (χ4n) is 3.29. The van der Waals surface area contributed by atoms with Gasteiger partial charge < -0.3 is 40.3 Å². The normalized spacial score (nSPS) is 25.3. The summed E-state index contributed by atoms with van der Waals surface area (Å²) >= 11 is 1.35. The van der Waals surface area contributed by atoms with Crippen LogP contribution in [0, 0.1) is 0 Å². The largest absolute Gasteiger partial charge is 0.490 e. The van der Waals surface area contributed by atoms with Crippen molar-refractivity contribution in [2.75, 3.05) is 18.1 Å². The van der Waals surface area contributed by atoms with Crippen molar-refractivity contribution >= 4 is 52.2 Å². The molecule has 2 aromatic heterocycles. The summed E-state index contributed by atoms with van der Waals surface area (Å²) in [5.74, 6) is 0.774. The van der Waals surface area contributed by atoms with E-state index in [-0.39, 0.29) is 17.0 Å². The van der Waals surface area contributed by atoms with E-state index < -0.39 is 54.6 Å². The van der Waals surface area contributed by atoms with Crippen molar-refractivity contribution in [3.63, 3.8) is 0 Å². The van der Waals surface area contributed by atoms with Crippen molar-refractivity contribution in [2.24, 2.45) is 0 Å². The summed E-state index contributed by atoms with van der Waals surface area (Å²) in [5.41, 5.74) is 6.37. The van der Waals surface area contributed by atoms with E-state index in [2.05, 4.69) is 34.7 Å². The van der Waals surface area contributed by atoms with E-state index in [9.17, 15) is 33.7 Å². The smallest absolute Gasteiger partial charge is 0.387 e. The second kappa shape index (κ2) is 12.5. The van der Waals surface area contributed by atoms with Gasteiger partial charge in [0, 0.05) is 5.75 Å². The first-order valence-electron chi connectivity index (χ1n) is 10.7. The Labute approximate surface area is 219 Å². The lowest BCUT2D eigenvalue weighted by Gasteiger charge is -2.19. The molecule has 0 aliphatic carbocycles. The highest BCUT2D eigenvalue weighted by Crippen LogP contribution is 2.66. The molecular formula is C16H26N5O13P3S. The van der Waals surface area contributed by atoms with Crippen LogP contribution in [0.4, 0.5) is 5.82 Å². The Kier molecular flexibility index (Phi) is 10.3. The van der Waals surface area contributed by atoms with Gasteiger partial charge in [-0.2, -0.15) is 8.62 Å². The van der Waals surface area contributed by atoms with Gasteiger partial charge in [-0.1, -0.05) is 17.8 Å². The molecule has 1 aliphatic heterocycles. The van der Waals surface area contributed by atoms with Gasteiger partial charge in [0.05, 0.1) is 12.9 Å². The number of thioether (sulfide) groups is 1. The number of phosphoric ester groups is 1. The lowest BCUT2D eigenvalue weighted by Crippen LogP contribution is -2.33. The molecule has 214 valence electrons. The molecule has 8 N–H and O–H groups in total. The third-order valence-electron chi connectivity index (χ3n) is 4.89. The Morgan fingerprint density at radius 2 is 1.82 bits per heavy atom. The number of hydrogen-bond acceptors (Lipinski definition) is 14. The molecule has 6 atom stereocenters. The molecule has 18 nitrogen and oxygen atoms in total. The zero-order valence-corrected chi connectivity index (χ0v) is 22.9. The summed E-state index contributed by atoms with van der Waals surface area (Å²) in [7, 11) is -16.8. The molecule has 38 heavy (non-hydrogen) atoms. The fraction of sp³-hybridized carbons (Fsp3) is 0.562. The quantitative estimate of drug-likeness (QED) is 0.0505. The standard InChI is InChI=1S/C16H26N5O13P3S/c1-2-3-4-5-6-38-16-19-13(17)10-14(20-16)21(8-18-10)15-12(23)11(22)9(32-15)7-31-36(27,28)34-37(29,30)33-35(24,25)26/h2,8-9,11-12,15,22-23H,1,3-7H2,(H,27,28)(H,29,30)(H2,17,19,20)(H2,24,25,26). The first-order chi connectivity index (χ1) is 17.6. The number of allylic oxidation sites excluding steroid dienone is 1. The molecule has 1 fully saturated rings. The predicted octanol–water partition coefficient (Wildman–Crippen LogP) is 0.819. The SMILES string of the molecule is C=CCCCCSc1nc(N)c2ncn(C3OC(COP(=O)(O)OP(=O)(O)OP(=O)(O)O)C(O)C3O)c2n1. The van der Waals surface area contributed by atoms with Crippen LogP contribution in [0.25, 0.3) is 11.2 Å². The summed E-state index contributed by atoms with van der Waals surface area (Å²) in [4.78, 5) is 48.7. The number of nitrogens with two attached hydrogens (primary N) is 1. The predicted molar refractivity (Wildman–Crippen MR) is 130 cm³/mol. The number of nitrogens with zero attached hydrogens (tertiary/aromatic N) is 4. The molecule has 0 spiro atoms. The number of anilines is 1. The molecule has 0 aromatic carbocycles. The number of imidazole rings is 1. The number of aromatic nitrogens is 4. The Hall–Kier alpha value is -1.27. The Bertz CT molecular complexity index is 1290. The van der Waals surface area contributed by atoms with Crippen LogP contribution in [0.15, 0.2) is 24.1 Å². The van der Waals surface area contributed by atoms with Gasteiger partial charge in [0.1, 0.15) is 23.8 Å². The van der Waals surface area contributed by atoms with Gasteiger partial charge >= 0.3 is 23.5 Å². The van der Waals surface area contributed by atoms with Gasteiger partial charge in [-0.3, -0.25) is 9.09 Å². The van der Waals surface area contributed by atoms with E-state index in [0.29, 0.717) is 10.9 Å². The molecule has 3 heterocycles. The van der Waals surface area contributed by atoms with Gasteiger partial charge in [0.2, 0.25) is 0 Å². The van der Waals surface area contributed by atoms with Crippen molar-refractivity contribution < 1.29 is 61.4 Å². The average molecular weight is 621 g/mol. The first-order valence-corrected chi connectivity index (χ1v) is 16.2. The molecule has 1 aliphatic rings. The fourth-order valence-corrected chi connectivity index (χ4v) is 7.17. The van der Waals surface area contributed by atoms with E-state index in [1.54, 1.807) is 0 Å². The van der Waals surface area contributed by atoms with Crippen LogP contribution in [-0.2, 0) is 31.6 Å². The van der Waals surface area contributed by atoms with Crippen molar-refractivity contribution in [3.05, 3.63) is 19.0 Å². The van der Waals surface area contributed by atoms with Crippen LogP contribution in [0.1, 0.15) is 25.5 Å². The number of fused-ring (bicyclic) bond motifs is 1. The van der Waals surface area contributed by atoms with Crippen LogP contribution in [0.2, 0.25) is 0 Å². The first kappa shape index (κ1) is 31.3. The maximum absolute atomic E-state index is 12.0. The van der Waals surface area contributed by atoms with E-state index >= 15 is 0 Å². The molecular weight excluding hydrogens is 595 g/mol. The van der Waals surface area contributed by atoms with Gasteiger partial charge in [0.25, 0.3) is 0 Å². The number of aliphatic hydroxyl groups is 2. The number of nitrogen functional groups attached to an aromatic ring is 1. The third-order valence-corrected chi connectivity index (χ3v) is 9.63. The molecule has 0 radical (unpaired) electrons. The van der Waals surface area contributed by atoms with Gasteiger partial charge in [-0.25, -0.2) is 28.6 Å². The van der Waals surface area contributed by atoms with Gasteiger partial charge in [-0.15, -0.1) is 6.58 Å². The average Bonchev–Trinajstić information content (AvgIpc) is 3.31. The van der Waals surface area contributed by atoms with Crippen LogP contribution in [-0.4, -0.2) is 80.0 Å². The Morgan fingerprint density at radius 1 is 1.11 bits per heavy atom. The van der Waals surface area contributed by atoms with E-state index in [1.807, 2.05) is 6.08 Å². The van der Waals surface area contributed by atoms with E-state index in [4.69, 9.17) is 20.3 Å². The highest BCUT2D eigenvalue weighted by molar-refractivity contribution is 7.99. The summed E-state index contributed by atoms with van der Waals surface area (Å²) < 4.78 is 52.7. The molecule has 6 unspecified atom stereocenters. The van der Waals surface area contributed by atoms with E-state index in [1.165, 1.54) is 22.7 Å². The number of rotatable bonds is 14. The van der Waals surface area contributed by atoms with Crippen LogP contribution < -0.4 is 5.73 Å². The summed E-state index contributed by atoms with van der Waals surface area (Å²) in [6.07, 6.45) is -0.353. The molecule has 22 heteroatoms. The van der Waals surface area contributed by atoms with Crippen molar-refractivity contribution in [3.8, 4) is 0 Å². The van der Waals surface area contributed by atoms with Gasteiger partial charge in [0.15, 0.2) is 22.8 Å². The highest BCUT2D eigenvalue weighted by Gasteiger charge is 2.47. The van der Waals surface area contributed by atoms with Crippen molar-refractivity contribution in [2.45, 2.75) is 49.0 Å². The molecule has 3 rings (SSSR count). The van der Waals surface area contributed by atoms with Gasteiger partial charge in [-0.05, 0) is 19.3 Å². The molecule has 2 aromatic rings. The maximum Gasteiger partial charge on any atom is 0.490 e. The zero-order chi connectivity index (χ0) is 28.3.